The maximum absolute atomic E-state index is 6.38. The van der Waals surface area contributed by atoms with Crippen LogP contribution in [0.4, 0.5) is 0 Å². The molecule has 1 nitrogen and oxygen atoms in total. The molecule has 0 bridgehead atoms. The van der Waals surface area contributed by atoms with Crippen molar-refractivity contribution in [2.75, 3.05) is 0 Å². The van der Waals surface area contributed by atoms with Crippen LogP contribution in [-0.4, -0.2) is 0 Å². The molecule has 0 aliphatic heterocycles. The van der Waals surface area contributed by atoms with E-state index in [-0.39, 0.29) is 5.41 Å². The van der Waals surface area contributed by atoms with E-state index in [9.17, 15) is 0 Å². The fraction of sp³-hybridized carbons (Fsp3) is 0.0667. The van der Waals surface area contributed by atoms with Crippen LogP contribution < -0.4 is 0 Å². The van der Waals surface area contributed by atoms with Crippen LogP contribution in [0.1, 0.15) is 25.0 Å². The molecule has 1 aliphatic rings. The Morgan fingerprint density at radius 1 is 0.413 bits per heavy atom. The lowest BCUT2D eigenvalue weighted by molar-refractivity contribution is 0.660. The Morgan fingerprint density at radius 2 is 0.957 bits per heavy atom. The smallest absolute Gasteiger partial charge is 0.136 e. The lowest BCUT2D eigenvalue weighted by Gasteiger charge is -2.23. The predicted molar refractivity (Wildman–Crippen MR) is 195 cm³/mol. The average Bonchev–Trinajstić information content (AvgIpc) is 3.59. The number of benzene rings is 8. The first-order chi connectivity index (χ1) is 22.6. The first-order valence-electron chi connectivity index (χ1n) is 16.1. The highest BCUT2D eigenvalue weighted by Gasteiger charge is 2.35. The Hall–Kier alpha value is -5.66. The largest absolute Gasteiger partial charge is 0.456 e. The lowest BCUT2D eigenvalue weighted by atomic mass is 9.80. The molecule has 0 saturated carbocycles. The van der Waals surface area contributed by atoms with Crippen molar-refractivity contribution in [1.29, 1.82) is 0 Å². The van der Waals surface area contributed by atoms with Gasteiger partial charge in [-0.15, -0.1) is 0 Å². The Balaban J connectivity index is 1.26. The number of fused-ring (bicyclic) bond motifs is 10. The maximum Gasteiger partial charge on any atom is 0.136 e. The lowest BCUT2D eigenvalue weighted by Crippen LogP contribution is -2.14. The molecule has 46 heavy (non-hydrogen) atoms. The van der Waals surface area contributed by atoms with Gasteiger partial charge in [0.1, 0.15) is 11.2 Å². The van der Waals surface area contributed by atoms with Gasteiger partial charge in [-0.05, 0) is 101 Å². The topological polar surface area (TPSA) is 13.1 Å². The summed E-state index contributed by atoms with van der Waals surface area (Å²) in [5.74, 6) is 0. The first kappa shape index (κ1) is 25.6. The number of hydrogen-bond donors (Lipinski definition) is 0. The number of hydrogen-bond acceptors (Lipinski definition) is 1. The van der Waals surface area contributed by atoms with Crippen LogP contribution in [0.25, 0.3) is 87.6 Å². The Morgan fingerprint density at radius 3 is 1.67 bits per heavy atom. The molecule has 216 valence electrons. The third kappa shape index (κ3) is 3.40. The number of rotatable bonds is 2. The summed E-state index contributed by atoms with van der Waals surface area (Å²) in [4.78, 5) is 0. The van der Waals surface area contributed by atoms with Gasteiger partial charge < -0.3 is 4.42 Å². The summed E-state index contributed by atoms with van der Waals surface area (Å²) in [6.45, 7) is 4.72. The summed E-state index contributed by atoms with van der Waals surface area (Å²) in [5, 5.41) is 9.85. The second-order valence-electron chi connectivity index (χ2n) is 13.2. The van der Waals surface area contributed by atoms with Gasteiger partial charge in [0.05, 0.1) is 0 Å². The molecule has 8 aromatic carbocycles. The Bertz CT molecular complexity index is 2660. The fourth-order valence-electron chi connectivity index (χ4n) is 8.31. The highest BCUT2D eigenvalue weighted by molar-refractivity contribution is 6.23. The zero-order chi connectivity index (χ0) is 30.6. The normalized spacial score (nSPS) is 13.6. The molecule has 1 heteroatoms. The van der Waals surface area contributed by atoms with Gasteiger partial charge in [0.15, 0.2) is 0 Å². The standard InChI is InChI=1S/C45H30O/c1-45(2)38-18-10-9-13-31(38)32-22-19-29(26-39(32)45)43-35-16-7-5-14-33(35)42(34-15-6-8-17-36(34)43)28-21-23-40-37(25-28)44-30-12-4-3-11-27(30)20-24-41(44)46-40/h3-26H,1-2H3. The molecule has 0 radical (unpaired) electrons. The molecule has 1 heterocycles. The molecule has 0 amide bonds. The van der Waals surface area contributed by atoms with Crippen LogP contribution >= 0.6 is 0 Å². The minimum absolute atomic E-state index is 0.0551. The molecule has 1 aliphatic carbocycles. The summed E-state index contributed by atoms with van der Waals surface area (Å²) in [6.07, 6.45) is 0. The molecule has 0 spiro atoms. The molecule has 0 saturated heterocycles. The van der Waals surface area contributed by atoms with Crippen molar-refractivity contribution in [3.63, 3.8) is 0 Å². The van der Waals surface area contributed by atoms with Gasteiger partial charge in [-0.25, -0.2) is 0 Å². The molecule has 0 atom stereocenters. The SMILES string of the molecule is CC1(C)c2ccccc2-c2ccc(-c3c4ccccc4c(-c4ccc5oc6ccc7ccccc7c6c5c4)c4ccccc34)cc21. The van der Waals surface area contributed by atoms with E-state index in [0.29, 0.717) is 0 Å². The summed E-state index contributed by atoms with van der Waals surface area (Å²) < 4.78 is 6.38. The second-order valence-corrected chi connectivity index (χ2v) is 13.2. The van der Waals surface area contributed by atoms with Gasteiger partial charge in [-0.1, -0.05) is 135 Å². The van der Waals surface area contributed by atoms with Gasteiger partial charge >= 0.3 is 0 Å². The van der Waals surface area contributed by atoms with Gasteiger partial charge in [-0.3, -0.25) is 0 Å². The summed E-state index contributed by atoms with van der Waals surface area (Å²) >= 11 is 0. The van der Waals surface area contributed by atoms with Crippen molar-refractivity contribution < 1.29 is 4.42 Å². The predicted octanol–water partition coefficient (Wildman–Crippen LogP) is 12.7. The van der Waals surface area contributed by atoms with E-state index < -0.39 is 0 Å². The molecule has 0 fully saturated rings. The van der Waals surface area contributed by atoms with Crippen LogP contribution in [-0.2, 0) is 5.41 Å². The van der Waals surface area contributed by atoms with Crippen molar-refractivity contribution in [3.05, 3.63) is 157 Å². The van der Waals surface area contributed by atoms with Crippen molar-refractivity contribution in [2.24, 2.45) is 0 Å². The van der Waals surface area contributed by atoms with Crippen LogP contribution in [0.2, 0.25) is 0 Å². The van der Waals surface area contributed by atoms with E-state index in [2.05, 4.69) is 159 Å². The molecular formula is C45H30O. The second kappa shape index (κ2) is 9.19. The maximum atomic E-state index is 6.38. The molecule has 0 N–H and O–H groups in total. The summed E-state index contributed by atoms with van der Waals surface area (Å²) in [7, 11) is 0. The Labute approximate surface area is 267 Å². The van der Waals surface area contributed by atoms with Crippen molar-refractivity contribution >= 4 is 54.3 Å². The monoisotopic (exact) mass is 586 g/mol. The third-order valence-corrected chi connectivity index (χ3v) is 10.5. The van der Waals surface area contributed by atoms with Gasteiger partial charge in [0.25, 0.3) is 0 Å². The minimum atomic E-state index is -0.0551. The Kier molecular flexibility index (Phi) is 5.12. The van der Waals surface area contributed by atoms with Crippen molar-refractivity contribution in [2.45, 2.75) is 19.3 Å². The van der Waals surface area contributed by atoms with Gasteiger partial charge in [0, 0.05) is 16.2 Å². The summed E-state index contributed by atoms with van der Waals surface area (Å²) in [5.41, 5.74) is 12.3. The summed E-state index contributed by atoms with van der Waals surface area (Å²) in [6, 6.07) is 53.5. The molecule has 0 unspecified atom stereocenters. The molecular weight excluding hydrogens is 556 g/mol. The van der Waals surface area contributed by atoms with E-state index in [4.69, 9.17) is 4.42 Å². The van der Waals surface area contributed by atoms with Gasteiger partial charge in [-0.2, -0.15) is 0 Å². The van der Waals surface area contributed by atoms with E-state index >= 15 is 0 Å². The van der Waals surface area contributed by atoms with Crippen LogP contribution in [0.5, 0.6) is 0 Å². The molecule has 10 rings (SSSR count). The highest BCUT2D eigenvalue weighted by Crippen LogP contribution is 2.51. The average molecular weight is 587 g/mol. The van der Waals surface area contributed by atoms with E-state index in [0.717, 1.165) is 16.6 Å². The third-order valence-electron chi connectivity index (χ3n) is 10.5. The van der Waals surface area contributed by atoms with Gasteiger partial charge in [0.2, 0.25) is 0 Å². The minimum Gasteiger partial charge on any atom is -0.456 e. The molecule has 9 aromatic rings. The van der Waals surface area contributed by atoms with E-state index in [1.54, 1.807) is 0 Å². The van der Waals surface area contributed by atoms with Crippen molar-refractivity contribution in [3.8, 4) is 33.4 Å². The zero-order valence-electron chi connectivity index (χ0n) is 25.8. The van der Waals surface area contributed by atoms with E-state index in [1.807, 2.05) is 0 Å². The van der Waals surface area contributed by atoms with Crippen LogP contribution in [0.3, 0.4) is 0 Å². The van der Waals surface area contributed by atoms with E-state index in [1.165, 1.54) is 82.2 Å². The van der Waals surface area contributed by atoms with Crippen molar-refractivity contribution in [1.82, 2.24) is 0 Å². The first-order valence-corrected chi connectivity index (χ1v) is 16.1. The van der Waals surface area contributed by atoms with Crippen LogP contribution in [0, 0.1) is 0 Å². The van der Waals surface area contributed by atoms with Crippen LogP contribution in [0.15, 0.2) is 150 Å². The zero-order valence-corrected chi connectivity index (χ0v) is 25.8. The number of furan rings is 1. The highest BCUT2D eigenvalue weighted by atomic mass is 16.3. The fourth-order valence-corrected chi connectivity index (χ4v) is 8.31. The molecule has 1 aromatic heterocycles. The quantitative estimate of drug-likeness (QED) is 0.184.